The van der Waals surface area contributed by atoms with Gasteiger partial charge in [0.2, 0.25) is 5.82 Å². The highest BCUT2D eigenvalue weighted by Gasteiger charge is 2.30. The van der Waals surface area contributed by atoms with Gasteiger partial charge < -0.3 is 9.84 Å². The van der Waals surface area contributed by atoms with Gasteiger partial charge in [0.05, 0.1) is 5.60 Å². The van der Waals surface area contributed by atoms with E-state index in [0.29, 0.717) is 12.8 Å². The Kier molecular flexibility index (Phi) is 3.62. The zero-order chi connectivity index (χ0) is 12.3. The van der Waals surface area contributed by atoms with Crippen molar-refractivity contribution in [3.05, 3.63) is 29.8 Å². The molecule has 1 aliphatic rings. The largest absolute Gasteiger partial charge is 0.487 e. The van der Waals surface area contributed by atoms with Crippen LogP contribution >= 0.6 is 0 Å². The molecule has 1 saturated carbocycles. The van der Waals surface area contributed by atoms with Crippen molar-refractivity contribution in [1.29, 1.82) is 0 Å². The van der Waals surface area contributed by atoms with Crippen molar-refractivity contribution >= 4 is 0 Å². The van der Waals surface area contributed by atoms with Gasteiger partial charge in [-0.25, -0.2) is 4.39 Å². The number of aliphatic hydroxyl groups is 1. The van der Waals surface area contributed by atoms with E-state index in [2.05, 4.69) is 0 Å². The molecule has 17 heavy (non-hydrogen) atoms. The average Bonchev–Trinajstić information content (AvgIpc) is 2.32. The summed E-state index contributed by atoms with van der Waals surface area (Å²) in [6.07, 6.45) is 4.32. The molecule has 2 rings (SSSR count). The van der Waals surface area contributed by atoms with Crippen LogP contribution in [0, 0.1) is 11.6 Å². The lowest BCUT2D eigenvalue weighted by Crippen LogP contribution is -2.38. The van der Waals surface area contributed by atoms with Crippen LogP contribution in [0.3, 0.4) is 0 Å². The van der Waals surface area contributed by atoms with Crippen LogP contribution in [0.1, 0.15) is 32.1 Å². The Morgan fingerprint density at radius 3 is 2.59 bits per heavy atom. The van der Waals surface area contributed by atoms with Gasteiger partial charge in [0.25, 0.3) is 0 Å². The van der Waals surface area contributed by atoms with Crippen LogP contribution in [0.25, 0.3) is 0 Å². The fourth-order valence-electron chi connectivity index (χ4n) is 2.16. The standard InChI is InChI=1S/C13H16F2O2/c14-10-5-4-6-11(12(10)15)17-9-13(16)7-2-1-3-8-13/h4-6,16H,1-3,7-9H2. The molecule has 0 radical (unpaired) electrons. The van der Waals surface area contributed by atoms with Crippen LogP contribution in [0.4, 0.5) is 8.78 Å². The Morgan fingerprint density at radius 1 is 1.18 bits per heavy atom. The highest BCUT2D eigenvalue weighted by molar-refractivity contribution is 5.25. The van der Waals surface area contributed by atoms with E-state index >= 15 is 0 Å². The second-order valence-electron chi connectivity index (χ2n) is 4.63. The molecule has 0 spiro atoms. The van der Waals surface area contributed by atoms with Gasteiger partial charge in [0, 0.05) is 0 Å². The first-order valence-electron chi connectivity index (χ1n) is 5.90. The summed E-state index contributed by atoms with van der Waals surface area (Å²) in [5, 5.41) is 10.2. The fourth-order valence-corrected chi connectivity index (χ4v) is 2.16. The fraction of sp³-hybridized carbons (Fsp3) is 0.538. The first-order valence-corrected chi connectivity index (χ1v) is 5.90. The van der Waals surface area contributed by atoms with E-state index in [-0.39, 0.29) is 12.4 Å². The van der Waals surface area contributed by atoms with Crippen LogP contribution in [-0.2, 0) is 0 Å². The predicted molar refractivity (Wildman–Crippen MR) is 59.9 cm³/mol. The van der Waals surface area contributed by atoms with Crippen LogP contribution in [0.15, 0.2) is 18.2 Å². The molecule has 0 atom stereocenters. The molecule has 0 aliphatic heterocycles. The Hall–Kier alpha value is -1.16. The quantitative estimate of drug-likeness (QED) is 0.882. The van der Waals surface area contributed by atoms with Crippen molar-refractivity contribution < 1.29 is 18.6 Å². The zero-order valence-electron chi connectivity index (χ0n) is 9.59. The molecule has 0 aromatic heterocycles. The van der Waals surface area contributed by atoms with E-state index < -0.39 is 17.2 Å². The molecule has 4 heteroatoms. The van der Waals surface area contributed by atoms with Crippen molar-refractivity contribution in [3.63, 3.8) is 0 Å². The summed E-state index contributed by atoms with van der Waals surface area (Å²) < 4.78 is 31.4. The SMILES string of the molecule is OC1(COc2cccc(F)c2F)CCCCC1. The molecule has 94 valence electrons. The van der Waals surface area contributed by atoms with Crippen LogP contribution in [-0.4, -0.2) is 17.3 Å². The van der Waals surface area contributed by atoms with Crippen molar-refractivity contribution in [1.82, 2.24) is 0 Å². The molecule has 1 aromatic rings. The molecule has 0 heterocycles. The lowest BCUT2D eigenvalue weighted by molar-refractivity contribution is -0.0348. The highest BCUT2D eigenvalue weighted by Crippen LogP contribution is 2.29. The first-order chi connectivity index (χ1) is 8.11. The maximum atomic E-state index is 13.3. The number of halogens is 2. The van der Waals surface area contributed by atoms with E-state index in [1.54, 1.807) is 0 Å². The second kappa shape index (κ2) is 5.00. The Bertz CT molecular complexity index is 387. The molecule has 0 unspecified atom stereocenters. The van der Waals surface area contributed by atoms with Crippen molar-refractivity contribution in [2.75, 3.05) is 6.61 Å². The van der Waals surface area contributed by atoms with E-state index in [9.17, 15) is 13.9 Å². The van der Waals surface area contributed by atoms with E-state index in [0.717, 1.165) is 25.3 Å². The van der Waals surface area contributed by atoms with Gasteiger partial charge in [-0.15, -0.1) is 0 Å². The average molecular weight is 242 g/mol. The van der Waals surface area contributed by atoms with Crippen molar-refractivity contribution in [2.24, 2.45) is 0 Å². The lowest BCUT2D eigenvalue weighted by atomic mass is 9.85. The third kappa shape index (κ3) is 2.94. The van der Waals surface area contributed by atoms with Gasteiger partial charge in [-0.1, -0.05) is 25.3 Å². The summed E-state index contributed by atoms with van der Waals surface area (Å²) in [7, 11) is 0. The van der Waals surface area contributed by atoms with Gasteiger partial charge in [-0.05, 0) is 25.0 Å². The summed E-state index contributed by atoms with van der Waals surface area (Å²) in [5.74, 6) is -2.06. The molecule has 0 saturated heterocycles. The molecule has 1 aromatic carbocycles. The van der Waals surface area contributed by atoms with E-state index in [4.69, 9.17) is 4.74 Å². The Morgan fingerprint density at radius 2 is 1.88 bits per heavy atom. The first kappa shape index (κ1) is 12.3. The summed E-state index contributed by atoms with van der Waals surface area (Å²) in [5.41, 5.74) is -0.892. The third-order valence-corrected chi connectivity index (χ3v) is 3.20. The molecule has 0 bridgehead atoms. The third-order valence-electron chi connectivity index (χ3n) is 3.20. The number of ether oxygens (including phenoxy) is 1. The summed E-state index contributed by atoms with van der Waals surface area (Å²) in [6, 6.07) is 3.79. The Balaban J connectivity index is 1.99. The van der Waals surface area contributed by atoms with Crippen molar-refractivity contribution in [2.45, 2.75) is 37.7 Å². The number of benzene rings is 1. The molecular formula is C13H16F2O2. The van der Waals surface area contributed by atoms with Gasteiger partial charge >= 0.3 is 0 Å². The van der Waals surface area contributed by atoms with Gasteiger partial charge in [0.1, 0.15) is 6.61 Å². The monoisotopic (exact) mass is 242 g/mol. The number of hydrogen-bond acceptors (Lipinski definition) is 2. The minimum absolute atomic E-state index is 0.0212. The maximum absolute atomic E-state index is 13.3. The molecule has 2 nitrogen and oxygen atoms in total. The van der Waals surface area contributed by atoms with E-state index in [1.807, 2.05) is 0 Å². The maximum Gasteiger partial charge on any atom is 0.200 e. The second-order valence-corrected chi connectivity index (χ2v) is 4.63. The smallest absolute Gasteiger partial charge is 0.200 e. The minimum atomic E-state index is -0.994. The molecule has 1 N–H and O–H groups in total. The molecule has 1 aliphatic carbocycles. The van der Waals surface area contributed by atoms with Crippen molar-refractivity contribution in [3.8, 4) is 5.75 Å². The normalized spacial score (nSPS) is 19.0. The number of rotatable bonds is 3. The summed E-state index contributed by atoms with van der Waals surface area (Å²) >= 11 is 0. The molecule has 0 amide bonds. The lowest BCUT2D eigenvalue weighted by Gasteiger charge is -2.31. The predicted octanol–water partition coefficient (Wildman–Crippen LogP) is 3.04. The van der Waals surface area contributed by atoms with Crippen LogP contribution in [0.5, 0.6) is 5.75 Å². The van der Waals surface area contributed by atoms with Gasteiger partial charge in [-0.2, -0.15) is 4.39 Å². The molecule has 1 fully saturated rings. The Labute approximate surface area is 99.2 Å². The van der Waals surface area contributed by atoms with Crippen LogP contribution in [0.2, 0.25) is 0 Å². The highest BCUT2D eigenvalue weighted by atomic mass is 19.2. The zero-order valence-corrected chi connectivity index (χ0v) is 9.59. The van der Waals surface area contributed by atoms with Crippen LogP contribution < -0.4 is 4.74 Å². The molecular weight excluding hydrogens is 226 g/mol. The topological polar surface area (TPSA) is 29.5 Å². The van der Waals surface area contributed by atoms with Gasteiger partial charge in [-0.3, -0.25) is 0 Å². The van der Waals surface area contributed by atoms with E-state index in [1.165, 1.54) is 12.1 Å². The minimum Gasteiger partial charge on any atom is -0.487 e. The summed E-state index contributed by atoms with van der Waals surface area (Å²) in [6.45, 7) is 0.0212. The van der Waals surface area contributed by atoms with Gasteiger partial charge in [0.15, 0.2) is 11.6 Å². The number of hydrogen-bond donors (Lipinski definition) is 1. The summed E-state index contributed by atoms with van der Waals surface area (Å²) in [4.78, 5) is 0.